The number of aliphatic hydroxyl groups is 2. The highest BCUT2D eigenvalue weighted by atomic mass is 16.3. The quantitative estimate of drug-likeness (QED) is 0.265. The Morgan fingerprint density at radius 1 is 0.921 bits per heavy atom. The summed E-state index contributed by atoms with van der Waals surface area (Å²) in [6.45, 7) is 3.43. The van der Waals surface area contributed by atoms with E-state index in [0.717, 1.165) is 11.1 Å². The monoisotopic (exact) mass is 513 g/mol. The van der Waals surface area contributed by atoms with Crippen molar-refractivity contribution in [2.75, 3.05) is 18.5 Å². The number of anilines is 1. The van der Waals surface area contributed by atoms with Gasteiger partial charge in [-0.1, -0.05) is 41.7 Å². The smallest absolute Gasteiger partial charge is 0.251 e. The van der Waals surface area contributed by atoms with Crippen molar-refractivity contribution in [3.8, 4) is 11.8 Å². The zero-order valence-corrected chi connectivity index (χ0v) is 21.3. The Morgan fingerprint density at radius 3 is 2.13 bits per heavy atom. The van der Waals surface area contributed by atoms with Gasteiger partial charge in [0.1, 0.15) is 12.6 Å². The Bertz CT molecular complexity index is 1320. The molecule has 0 radical (unpaired) electrons. The summed E-state index contributed by atoms with van der Waals surface area (Å²) in [5.74, 6) is 4.70. The van der Waals surface area contributed by atoms with Gasteiger partial charge in [-0.3, -0.25) is 14.4 Å². The zero-order valence-electron chi connectivity index (χ0n) is 21.3. The average Bonchev–Trinajstić information content (AvgIpc) is 2.91. The highest BCUT2D eigenvalue weighted by Gasteiger charge is 2.25. The van der Waals surface area contributed by atoms with Crippen molar-refractivity contribution in [1.29, 1.82) is 0 Å². The normalized spacial score (nSPS) is 12.0. The third kappa shape index (κ3) is 8.68. The third-order valence-electron chi connectivity index (χ3n) is 5.64. The number of ketones is 1. The minimum absolute atomic E-state index is 0.138. The lowest BCUT2D eigenvalue weighted by Crippen LogP contribution is -2.48. The first kappa shape index (κ1) is 28.3. The molecule has 3 rings (SSSR count). The summed E-state index contributed by atoms with van der Waals surface area (Å²) >= 11 is 0. The van der Waals surface area contributed by atoms with Gasteiger partial charge in [0, 0.05) is 28.9 Å². The average molecular weight is 514 g/mol. The summed E-state index contributed by atoms with van der Waals surface area (Å²) in [6.07, 6.45) is -1.14. The number of carbonyl (C=O) groups excluding carboxylic acids is 3. The standard InChI is InChI=1S/C30H31N3O5/c1-20-4-3-5-24(16-20)17-31-18-28(37)32-26-14-10-23(11-15-26)7-6-22-8-12-25(13-9-22)30(38)33-29(21(2)35)27(36)19-34/h3-5,8-16,21,29,31,34-35H,17-19H2,1-2H3,(H,32,37)(H,33,38)/t21-,29+/m1/s1. The van der Waals surface area contributed by atoms with E-state index >= 15 is 0 Å². The minimum Gasteiger partial charge on any atom is -0.391 e. The second-order valence-electron chi connectivity index (χ2n) is 8.86. The first-order valence-corrected chi connectivity index (χ1v) is 12.2. The molecule has 0 fully saturated rings. The van der Waals surface area contributed by atoms with Gasteiger partial charge >= 0.3 is 0 Å². The van der Waals surface area contributed by atoms with Crippen LogP contribution in [0.1, 0.15) is 39.5 Å². The maximum absolute atomic E-state index is 12.4. The number of benzene rings is 3. The van der Waals surface area contributed by atoms with Gasteiger partial charge in [-0.25, -0.2) is 0 Å². The van der Waals surface area contributed by atoms with Crippen LogP contribution in [0.25, 0.3) is 0 Å². The maximum atomic E-state index is 12.4. The van der Waals surface area contributed by atoms with Gasteiger partial charge in [-0.05, 0) is 67.9 Å². The van der Waals surface area contributed by atoms with Crippen LogP contribution in [0, 0.1) is 18.8 Å². The predicted molar refractivity (Wildman–Crippen MR) is 145 cm³/mol. The van der Waals surface area contributed by atoms with Crippen LogP contribution in [0.2, 0.25) is 0 Å². The van der Waals surface area contributed by atoms with Crippen LogP contribution in [0.5, 0.6) is 0 Å². The Hall–Kier alpha value is -4.29. The van der Waals surface area contributed by atoms with E-state index in [1.165, 1.54) is 12.5 Å². The zero-order chi connectivity index (χ0) is 27.5. The molecule has 2 atom stereocenters. The van der Waals surface area contributed by atoms with Crippen molar-refractivity contribution < 1.29 is 24.6 Å². The summed E-state index contributed by atoms with van der Waals surface area (Å²) in [5, 5.41) is 27.1. The number of nitrogens with one attached hydrogen (secondary N) is 3. The van der Waals surface area contributed by atoms with E-state index in [-0.39, 0.29) is 12.5 Å². The fourth-order valence-electron chi connectivity index (χ4n) is 3.63. The summed E-state index contributed by atoms with van der Waals surface area (Å²) in [4.78, 5) is 36.3. The topological polar surface area (TPSA) is 128 Å². The Morgan fingerprint density at radius 2 is 1.55 bits per heavy atom. The highest BCUT2D eigenvalue weighted by molar-refractivity contribution is 5.98. The number of hydrogen-bond acceptors (Lipinski definition) is 6. The van der Waals surface area contributed by atoms with Gasteiger partial charge < -0.3 is 26.2 Å². The molecule has 38 heavy (non-hydrogen) atoms. The summed E-state index contributed by atoms with van der Waals surface area (Å²) in [7, 11) is 0. The molecule has 0 heterocycles. The molecule has 0 bridgehead atoms. The molecule has 0 aliphatic heterocycles. The van der Waals surface area contributed by atoms with Crippen LogP contribution in [0.3, 0.4) is 0 Å². The van der Waals surface area contributed by atoms with Crippen LogP contribution in [0.15, 0.2) is 72.8 Å². The fraction of sp³-hybridized carbons (Fsp3) is 0.233. The van der Waals surface area contributed by atoms with Crippen molar-refractivity contribution in [2.24, 2.45) is 0 Å². The lowest BCUT2D eigenvalue weighted by Gasteiger charge is -2.19. The molecular weight excluding hydrogens is 482 g/mol. The van der Waals surface area contributed by atoms with Gasteiger partial charge in [-0.15, -0.1) is 0 Å². The van der Waals surface area contributed by atoms with Gasteiger partial charge in [0.2, 0.25) is 5.91 Å². The summed E-state index contributed by atoms with van der Waals surface area (Å²) in [5.41, 5.74) is 4.70. The second-order valence-corrected chi connectivity index (χ2v) is 8.86. The third-order valence-corrected chi connectivity index (χ3v) is 5.64. The summed E-state index contributed by atoms with van der Waals surface area (Å²) < 4.78 is 0. The molecule has 0 aliphatic carbocycles. The van der Waals surface area contributed by atoms with Crippen molar-refractivity contribution >= 4 is 23.3 Å². The van der Waals surface area contributed by atoms with E-state index < -0.39 is 30.4 Å². The predicted octanol–water partition coefficient (Wildman–Crippen LogP) is 2.16. The van der Waals surface area contributed by atoms with Crippen molar-refractivity contribution in [2.45, 2.75) is 32.5 Å². The molecule has 3 aromatic rings. The summed E-state index contributed by atoms with van der Waals surface area (Å²) in [6, 6.07) is 20.6. The molecule has 196 valence electrons. The molecule has 5 N–H and O–H groups in total. The number of aryl methyl sites for hydroxylation is 1. The molecule has 0 saturated heterocycles. The lowest BCUT2D eigenvalue weighted by atomic mass is 10.1. The van der Waals surface area contributed by atoms with E-state index in [9.17, 15) is 19.5 Å². The molecule has 0 saturated carbocycles. The number of amides is 2. The van der Waals surface area contributed by atoms with Crippen LogP contribution in [0.4, 0.5) is 5.69 Å². The largest absolute Gasteiger partial charge is 0.391 e. The number of Topliss-reactive ketones (excluding diaryl/α,β-unsaturated/α-hetero) is 1. The lowest BCUT2D eigenvalue weighted by molar-refractivity contribution is -0.125. The van der Waals surface area contributed by atoms with E-state index in [1.54, 1.807) is 48.5 Å². The van der Waals surface area contributed by atoms with Gasteiger partial charge in [-0.2, -0.15) is 0 Å². The fourth-order valence-corrected chi connectivity index (χ4v) is 3.63. The molecule has 8 heteroatoms. The Kier molecular flexibility index (Phi) is 10.3. The van der Waals surface area contributed by atoms with Crippen LogP contribution in [-0.4, -0.2) is 53.1 Å². The first-order chi connectivity index (χ1) is 18.2. The first-order valence-electron chi connectivity index (χ1n) is 12.2. The second kappa shape index (κ2) is 13.9. The van der Waals surface area contributed by atoms with Crippen molar-refractivity contribution in [3.05, 3.63) is 101 Å². The number of carbonyl (C=O) groups is 3. The molecular formula is C30H31N3O5. The molecule has 0 unspecified atom stereocenters. The van der Waals surface area contributed by atoms with Gasteiger partial charge in [0.05, 0.1) is 12.6 Å². The molecule has 8 nitrogen and oxygen atoms in total. The highest BCUT2D eigenvalue weighted by Crippen LogP contribution is 2.10. The number of rotatable bonds is 10. The molecule has 0 aromatic heterocycles. The van der Waals surface area contributed by atoms with E-state index in [1.807, 2.05) is 25.1 Å². The van der Waals surface area contributed by atoms with Crippen LogP contribution >= 0.6 is 0 Å². The molecule has 3 aromatic carbocycles. The number of hydrogen-bond donors (Lipinski definition) is 5. The Balaban J connectivity index is 1.50. The van der Waals surface area contributed by atoms with Gasteiger partial charge in [0.25, 0.3) is 5.91 Å². The SMILES string of the molecule is Cc1cccc(CNCC(=O)Nc2ccc(C#Cc3ccc(C(=O)N[C@H](C(=O)CO)[C@@H](C)O)cc3)cc2)c1. The van der Waals surface area contributed by atoms with E-state index in [0.29, 0.717) is 23.4 Å². The van der Waals surface area contributed by atoms with Crippen molar-refractivity contribution in [3.63, 3.8) is 0 Å². The minimum atomic E-state index is -1.19. The van der Waals surface area contributed by atoms with E-state index in [4.69, 9.17) is 5.11 Å². The molecule has 0 aliphatic rings. The maximum Gasteiger partial charge on any atom is 0.251 e. The van der Waals surface area contributed by atoms with Crippen LogP contribution < -0.4 is 16.0 Å². The van der Waals surface area contributed by atoms with E-state index in [2.05, 4.69) is 33.9 Å². The van der Waals surface area contributed by atoms with Gasteiger partial charge in [0.15, 0.2) is 5.78 Å². The van der Waals surface area contributed by atoms with Crippen molar-refractivity contribution in [1.82, 2.24) is 10.6 Å². The molecule has 0 spiro atoms. The molecule has 2 amide bonds. The number of aliphatic hydroxyl groups excluding tert-OH is 2. The Labute approximate surface area is 222 Å². The van der Waals surface area contributed by atoms with Crippen LogP contribution in [-0.2, 0) is 16.1 Å².